The van der Waals surface area contributed by atoms with Crippen LogP contribution in [0.25, 0.3) is 0 Å². The Morgan fingerprint density at radius 3 is 2.59 bits per heavy atom. The van der Waals surface area contributed by atoms with Crippen molar-refractivity contribution in [2.24, 2.45) is 11.7 Å². The zero-order chi connectivity index (χ0) is 15.2. The number of rotatable bonds is 8. The molecule has 0 aromatic heterocycles. The Morgan fingerprint density at radius 1 is 1.41 bits per heavy atom. The molecule has 0 radical (unpaired) electrons. The molecule has 0 bridgehead atoms. The monoisotopic (exact) mass is 346 g/mol. The van der Waals surface area contributed by atoms with Crippen molar-refractivity contribution in [1.29, 1.82) is 0 Å². The van der Waals surface area contributed by atoms with E-state index in [1.807, 2.05) is 11.2 Å². The molecule has 1 aliphatic rings. The maximum Gasteiger partial charge on any atom is 0.239 e. The molecule has 0 heterocycles. The van der Waals surface area contributed by atoms with Gasteiger partial charge < -0.3 is 10.6 Å². The van der Waals surface area contributed by atoms with Crippen LogP contribution in [0.5, 0.6) is 0 Å². The number of carbonyl (C=O) groups is 1. The van der Waals surface area contributed by atoms with Crippen molar-refractivity contribution < 1.29 is 9.18 Å². The largest absolute Gasteiger partial charge is 0.337 e. The van der Waals surface area contributed by atoms with Gasteiger partial charge in [-0.2, -0.15) is 11.8 Å². The molecule has 3 nitrogen and oxygen atoms in total. The SMILES string of the molecule is CSCC[C@H](N)C(=O)N(Cc1ccc(F)cc1)CC1CC1.Cl. The van der Waals surface area contributed by atoms with Crippen molar-refractivity contribution in [3.05, 3.63) is 35.6 Å². The Kier molecular flexibility index (Phi) is 8.21. The predicted molar refractivity (Wildman–Crippen MR) is 92.8 cm³/mol. The summed E-state index contributed by atoms with van der Waals surface area (Å²) < 4.78 is 13.0. The molecule has 0 unspecified atom stereocenters. The van der Waals surface area contributed by atoms with Crippen LogP contribution in [0.1, 0.15) is 24.8 Å². The fraction of sp³-hybridized carbons (Fsp3) is 0.562. The Morgan fingerprint density at radius 2 is 2.05 bits per heavy atom. The minimum atomic E-state index is -0.434. The number of hydrogen-bond donors (Lipinski definition) is 1. The van der Waals surface area contributed by atoms with Gasteiger partial charge in [0, 0.05) is 13.1 Å². The normalized spacial score (nSPS) is 15.0. The molecule has 1 amide bonds. The summed E-state index contributed by atoms with van der Waals surface area (Å²) >= 11 is 1.70. The van der Waals surface area contributed by atoms with Gasteiger partial charge in [0.05, 0.1) is 6.04 Å². The first kappa shape index (κ1) is 19.3. The highest BCUT2D eigenvalue weighted by atomic mass is 35.5. The highest BCUT2D eigenvalue weighted by Crippen LogP contribution is 2.30. The van der Waals surface area contributed by atoms with Crippen LogP contribution in [-0.4, -0.2) is 35.4 Å². The number of amides is 1. The molecule has 22 heavy (non-hydrogen) atoms. The van der Waals surface area contributed by atoms with Gasteiger partial charge in [-0.25, -0.2) is 4.39 Å². The Bertz CT molecular complexity index is 468. The van der Waals surface area contributed by atoms with Gasteiger partial charge in [-0.3, -0.25) is 4.79 Å². The maximum absolute atomic E-state index is 13.0. The molecule has 1 aromatic carbocycles. The third kappa shape index (κ3) is 6.15. The third-order valence-corrected chi connectivity index (χ3v) is 4.37. The highest BCUT2D eigenvalue weighted by molar-refractivity contribution is 7.98. The standard InChI is InChI=1S/C16H23FN2OS.ClH/c1-21-9-8-15(18)16(20)19(10-12-2-3-12)11-13-4-6-14(17)7-5-13;/h4-7,12,15H,2-3,8-11,18H2,1H3;1H/t15-;/m0./s1. The van der Waals surface area contributed by atoms with Crippen molar-refractivity contribution in [3.8, 4) is 0 Å². The van der Waals surface area contributed by atoms with Crippen LogP contribution in [0.2, 0.25) is 0 Å². The number of thioether (sulfide) groups is 1. The maximum atomic E-state index is 13.0. The molecule has 2 rings (SSSR count). The van der Waals surface area contributed by atoms with Crippen molar-refractivity contribution >= 4 is 30.1 Å². The summed E-state index contributed by atoms with van der Waals surface area (Å²) in [5, 5.41) is 0. The second-order valence-corrected chi connectivity index (χ2v) is 6.66. The quantitative estimate of drug-likeness (QED) is 0.787. The summed E-state index contributed by atoms with van der Waals surface area (Å²) in [5.74, 6) is 1.26. The van der Waals surface area contributed by atoms with E-state index in [4.69, 9.17) is 5.73 Å². The fourth-order valence-electron chi connectivity index (χ4n) is 2.26. The zero-order valence-electron chi connectivity index (χ0n) is 12.8. The third-order valence-electron chi connectivity index (χ3n) is 3.72. The first-order valence-corrected chi connectivity index (χ1v) is 8.77. The summed E-state index contributed by atoms with van der Waals surface area (Å²) in [6, 6.07) is 5.90. The zero-order valence-corrected chi connectivity index (χ0v) is 14.5. The molecular weight excluding hydrogens is 323 g/mol. The molecule has 0 aliphatic heterocycles. The topological polar surface area (TPSA) is 46.3 Å². The van der Waals surface area contributed by atoms with Crippen LogP contribution in [0.15, 0.2) is 24.3 Å². The molecule has 1 fully saturated rings. The van der Waals surface area contributed by atoms with Gasteiger partial charge in [0.2, 0.25) is 5.91 Å². The molecule has 1 saturated carbocycles. The van der Waals surface area contributed by atoms with Gasteiger partial charge in [0.1, 0.15) is 5.82 Å². The van der Waals surface area contributed by atoms with Gasteiger partial charge >= 0.3 is 0 Å². The first-order valence-electron chi connectivity index (χ1n) is 7.38. The molecular formula is C16H24ClFN2OS. The summed E-state index contributed by atoms with van der Waals surface area (Å²) in [4.78, 5) is 14.3. The smallest absolute Gasteiger partial charge is 0.239 e. The van der Waals surface area contributed by atoms with E-state index in [9.17, 15) is 9.18 Å². The molecule has 2 N–H and O–H groups in total. The van der Waals surface area contributed by atoms with E-state index < -0.39 is 6.04 Å². The Hall–Kier alpha value is -0.780. The van der Waals surface area contributed by atoms with E-state index in [-0.39, 0.29) is 24.1 Å². The van der Waals surface area contributed by atoms with Crippen LogP contribution in [-0.2, 0) is 11.3 Å². The lowest BCUT2D eigenvalue weighted by Gasteiger charge is -2.26. The average Bonchev–Trinajstić information content (AvgIpc) is 3.29. The van der Waals surface area contributed by atoms with Crippen molar-refractivity contribution in [2.75, 3.05) is 18.6 Å². The number of carbonyl (C=O) groups excluding carboxylic acids is 1. The molecule has 0 spiro atoms. The lowest BCUT2D eigenvalue weighted by atomic mass is 10.1. The van der Waals surface area contributed by atoms with E-state index in [1.54, 1.807) is 23.9 Å². The van der Waals surface area contributed by atoms with E-state index in [0.717, 1.165) is 17.9 Å². The summed E-state index contributed by atoms with van der Waals surface area (Å²) in [6.07, 6.45) is 5.09. The minimum absolute atomic E-state index is 0. The summed E-state index contributed by atoms with van der Waals surface area (Å²) in [5.41, 5.74) is 6.96. The van der Waals surface area contributed by atoms with E-state index in [2.05, 4.69) is 0 Å². The van der Waals surface area contributed by atoms with Gasteiger partial charge in [-0.05, 0) is 54.9 Å². The molecule has 1 aliphatic carbocycles. The molecule has 0 saturated heterocycles. The average molecular weight is 347 g/mol. The number of benzene rings is 1. The van der Waals surface area contributed by atoms with Crippen LogP contribution >= 0.6 is 24.2 Å². The lowest BCUT2D eigenvalue weighted by Crippen LogP contribution is -2.44. The van der Waals surface area contributed by atoms with E-state index >= 15 is 0 Å². The van der Waals surface area contributed by atoms with Crippen LogP contribution in [0.3, 0.4) is 0 Å². The predicted octanol–water partition coefficient (Wildman–Crippen LogP) is 3.07. The number of hydrogen-bond acceptors (Lipinski definition) is 3. The van der Waals surface area contributed by atoms with Crippen molar-refractivity contribution in [1.82, 2.24) is 4.90 Å². The van der Waals surface area contributed by atoms with E-state index in [1.165, 1.54) is 25.0 Å². The van der Waals surface area contributed by atoms with Gasteiger partial charge in [-0.15, -0.1) is 12.4 Å². The summed E-state index contributed by atoms with van der Waals surface area (Å²) in [6.45, 7) is 1.28. The summed E-state index contributed by atoms with van der Waals surface area (Å²) in [7, 11) is 0. The molecule has 1 atom stereocenters. The first-order chi connectivity index (χ1) is 10.1. The van der Waals surface area contributed by atoms with Gasteiger partial charge in [0.25, 0.3) is 0 Å². The van der Waals surface area contributed by atoms with Crippen LogP contribution in [0.4, 0.5) is 4.39 Å². The number of nitrogens with zero attached hydrogens (tertiary/aromatic N) is 1. The van der Waals surface area contributed by atoms with Crippen molar-refractivity contribution in [2.45, 2.75) is 31.8 Å². The number of nitrogens with two attached hydrogens (primary N) is 1. The minimum Gasteiger partial charge on any atom is -0.337 e. The fourth-order valence-corrected chi connectivity index (χ4v) is 2.75. The van der Waals surface area contributed by atoms with Gasteiger partial charge in [0.15, 0.2) is 0 Å². The Labute approximate surface area is 142 Å². The second kappa shape index (κ2) is 9.38. The lowest BCUT2D eigenvalue weighted by molar-refractivity contribution is -0.133. The Balaban J connectivity index is 0.00000242. The second-order valence-electron chi connectivity index (χ2n) is 5.68. The highest BCUT2D eigenvalue weighted by Gasteiger charge is 2.29. The van der Waals surface area contributed by atoms with E-state index in [0.29, 0.717) is 18.9 Å². The van der Waals surface area contributed by atoms with Gasteiger partial charge in [-0.1, -0.05) is 12.1 Å². The molecule has 1 aromatic rings. The van der Waals surface area contributed by atoms with Crippen LogP contribution in [0, 0.1) is 11.7 Å². The molecule has 124 valence electrons. The molecule has 6 heteroatoms. The van der Waals surface area contributed by atoms with Crippen LogP contribution < -0.4 is 5.73 Å². The number of halogens is 2. The van der Waals surface area contributed by atoms with Crippen molar-refractivity contribution in [3.63, 3.8) is 0 Å².